The zero-order valence-corrected chi connectivity index (χ0v) is 6.77. The number of benzene rings is 1. The molecule has 0 aliphatic carbocycles. The summed E-state index contributed by atoms with van der Waals surface area (Å²) in [4.78, 5) is 0. The minimum Gasteiger partial charge on any atom is -0.342 e. The van der Waals surface area contributed by atoms with Gasteiger partial charge < -0.3 is 4.57 Å². The van der Waals surface area contributed by atoms with Crippen molar-refractivity contribution in [3.8, 4) is 0 Å². The quantitative estimate of drug-likeness (QED) is 0.629. The van der Waals surface area contributed by atoms with Crippen LogP contribution in [0.5, 0.6) is 0 Å². The topological polar surface area (TPSA) is 4.93 Å². The van der Waals surface area contributed by atoms with Gasteiger partial charge in [0.15, 0.2) is 0 Å². The molecule has 2 aromatic rings. The maximum atomic E-state index is 3.10. The molecule has 1 heteroatoms. The maximum Gasteiger partial charge on any atom is 0.0651 e. The molecule has 0 saturated heterocycles. The van der Waals surface area contributed by atoms with Gasteiger partial charge in [0, 0.05) is 12.7 Å². The van der Waals surface area contributed by atoms with Gasteiger partial charge in [0.25, 0.3) is 0 Å². The second kappa shape index (κ2) is 3.26. The number of rotatable bonds is 2. The van der Waals surface area contributed by atoms with Crippen LogP contribution in [0.15, 0.2) is 48.7 Å². The van der Waals surface area contributed by atoms with E-state index in [1.54, 1.807) is 0 Å². The van der Waals surface area contributed by atoms with E-state index in [2.05, 4.69) is 30.5 Å². The van der Waals surface area contributed by atoms with Crippen molar-refractivity contribution in [3.05, 3.63) is 60.4 Å². The molecule has 0 bridgehead atoms. The summed E-state index contributed by atoms with van der Waals surface area (Å²) >= 11 is 0. The van der Waals surface area contributed by atoms with E-state index in [-0.39, 0.29) is 0 Å². The number of aromatic nitrogens is 1. The van der Waals surface area contributed by atoms with Crippen LogP contribution >= 0.6 is 0 Å². The fourth-order valence-electron chi connectivity index (χ4n) is 1.21. The van der Waals surface area contributed by atoms with Crippen molar-refractivity contribution in [1.82, 2.24) is 4.57 Å². The van der Waals surface area contributed by atoms with Gasteiger partial charge in [-0.2, -0.15) is 0 Å². The second-order valence-corrected chi connectivity index (χ2v) is 2.75. The van der Waals surface area contributed by atoms with E-state index >= 15 is 0 Å². The monoisotopic (exact) mass is 156 g/mol. The first-order valence-electron chi connectivity index (χ1n) is 4.02. The molecule has 12 heavy (non-hydrogen) atoms. The van der Waals surface area contributed by atoms with Gasteiger partial charge in [0.2, 0.25) is 0 Å². The van der Waals surface area contributed by atoms with Gasteiger partial charge in [-0.25, -0.2) is 0 Å². The molecule has 1 heterocycles. The van der Waals surface area contributed by atoms with Crippen molar-refractivity contribution >= 4 is 0 Å². The molecule has 0 atom stereocenters. The molecule has 0 amide bonds. The Kier molecular flexibility index (Phi) is 1.95. The third-order valence-electron chi connectivity index (χ3n) is 1.80. The summed E-state index contributed by atoms with van der Waals surface area (Å²) < 4.78 is 2.04. The first kappa shape index (κ1) is 7.17. The average Bonchev–Trinajstić information content (AvgIpc) is 2.59. The number of hydrogen-bond acceptors (Lipinski definition) is 0. The molecule has 0 fully saturated rings. The van der Waals surface area contributed by atoms with E-state index in [1.165, 1.54) is 5.56 Å². The SMILES string of the molecule is [c]1cccn1Cc1ccccc1. The van der Waals surface area contributed by atoms with E-state index in [1.807, 2.05) is 29.0 Å². The molecule has 1 aromatic heterocycles. The lowest BCUT2D eigenvalue weighted by Crippen LogP contribution is -1.95. The Labute approximate surface area is 72.3 Å². The van der Waals surface area contributed by atoms with E-state index in [0.717, 1.165) is 6.54 Å². The maximum absolute atomic E-state index is 3.10. The van der Waals surface area contributed by atoms with Gasteiger partial charge in [-0.05, 0) is 17.7 Å². The third kappa shape index (κ3) is 1.56. The fraction of sp³-hybridized carbons (Fsp3) is 0.0909. The first-order valence-corrected chi connectivity index (χ1v) is 4.02. The Balaban J connectivity index is 2.15. The van der Waals surface area contributed by atoms with E-state index in [4.69, 9.17) is 0 Å². The predicted molar refractivity (Wildman–Crippen MR) is 48.8 cm³/mol. The molecular formula is C11H10N. The molecule has 1 nitrogen and oxygen atoms in total. The average molecular weight is 156 g/mol. The van der Waals surface area contributed by atoms with Crippen LogP contribution in [0.1, 0.15) is 5.56 Å². The molecule has 0 saturated carbocycles. The van der Waals surface area contributed by atoms with Crippen LogP contribution in [0, 0.1) is 6.20 Å². The normalized spacial score (nSPS) is 10.0. The van der Waals surface area contributed by atoms with E-state index in [9.17, 15) is 0 Å². The standard InChI is InChI=1S/C11H10N/c1-2-6-11(7-3-1)10-12-8-4-5-9-12/h1-8H,10H2. The summed E-state index contributed by atoms with van der Waals surface area (Å²) in [5.41, 5.74) is 1.31. The molecule has 0 aliphatic heterocycles. The van der Waals surface area contributed by atoms with Crippen LogP contribution in [0.25, 0.3) is 0 Å². The Bertz CT molecular complexity index is 321. The summed E-state index contributed by atoms with van der Waals surface area (Å²) in [6.07, 6.45) is 5.12. The van der Waals surface area contributed by atoms with Gasteiger partial charge in [0.05, 0.1) is 6.20 Å². The van der Waals surface area contributed by atoms with Crippen molar-refractivity contribution in [3.63, 3.8) is 0 Å². The van der Waals surface area contributed by atoms with E-state index < -0.39 is 0 Å². The van der Waals surface area contributed by atoms with E-state index in [0.29, 0.717) is 0 Å². The highest BCUT2D eigenvalue weighted by atomic mass is 14.9. The highest BCUT2D eigenvalue weighted by Crippen LogP contribution is 2.01. The number of nitrogens with zero attached hydrogens (tertiary/aromatic N) is 1. The highest BCUT2D eigenvalue weighted by Gasteiger charge is 1.90. The van der Waals surface area contributed by atoms with Gasteiger partial charge in [-0.15, -0.1) is 0 Å². The van der Waals surface area contributed by atoms with Crippen molar-refractivity contribution in [2.45, 2.75) is 6.54 Å². The summed E-state index contributed by atoms with van der Waals surface area (Å²) in [6, 6.07) is 14.3. The molecule has 1 aromatic carbocycles. The second-order valence-electron chi connectivity index (χ2n) is 2.75. The molecule has 2 rings (SSSR count). The van der Waals surface area contributed by atoms with Gasteiger partial charge in [-0.3, -0.25) is 0 Å². The Morgan fingerprint density at radius 3 is 2.58 bits per heavy atom. The smallest absolute Gasteiger partial charge is 0.0651 e. The predicted octanol–water partition coefficient (Wildman–Crippen LogP) is 2.34. The van der Waals surface area contributed by atoms with Gasteiger partial charge >= 0.3 is 0 Å². The summed E-state index contributed by atoms with van der Waals surface area (Å²) in [5.74, 6) is 0. The fourth-order valence-corrected chi connectivity index (χ4v) is 1.21. The van der Waals surface area contributed by atoms with Crippen LogP contribution in [-0.2, 0) is 6.54 Å². The largest absolute Gasteiger partial charge is 0.342 e. The first-order chi connectivity index (χ1) is 5.95. The Morgan fingerprint density at radius 1 is 1.08 bits per heavy atom. The molecule has 0 spiro atoms. The van der Waals surface area contributed by atoms with Gasteiger partial charge in [0.1, 0.15) is 0 Å². The van der Waals surface area contributed by atoms with Crippen LogP contribution in [0.3, 0.4) is 0 Å². The van der Waals surface area contributed by atoms with Crippen LogP contribution in [-0.4, -0.2) is 4.57 Å². The lowest BCUT2D eigenvalue weighted by Gasteiger charge is -2.00. The summed E-state index contributed by atoms with van der Waals surface area (Å²) in [5, 5.41) is 0. The van der Waals surface area contributed by atoms with Crippen LogP contribution in [0.2, 0.25) is 0 Å². The minimum atomic E-state index is 0.911. The molecule has 1 radical (unpaired) electrons. The lowest BCUT2D eigenvalue weighted by atomic mass is 10.2. The molecular weight excluding hydrogens is 146 g/mol. The van der Waals surface area contributed by atoms with Gasteiger partial charge in [-0.1, -0.05) is 30.3 Å². The minimum absolute atomic E-state index is 0.911. The molecule has 0 N–H and O–H groups in total. The van der Waals surface area contributed by atoms with Crippen molar-refractivity contribution in [2.24, 2.45) is 0 Å². The zero-order valence-electron chi connectivity index (χ0n) is 6.77. The summed E-state index contributed by atoms with van der Waals surface area (Å²) in [7, 11) is 0. The third-order valence-corrected chi connectivity index (χ3v) is 1.80. The lowest BCUT2D eigenvalue weighted by molar-refractivity contribution is 0.800. The van der Waals surface area contributed by atoms with Crippen LogP contribution in [0.4, 0.5) is 0 Å². The molecule has 59 valence electrons. The summed E-state index contributed by atoms with van der Waals surface area (Å²) in [6.45, 7) is 0.911. The highest BCUT2D eigenvalue weighted by molar-refractivity contribution is 5.15. The van der Waals surface area contributed by atoms with Crippen molar-refractivity contribution < 1.29 is 0 Å². The Morgan fingerprint density at radius 2 is 1.92 bits per heavy atom. The van der Waals surface area contributed by atoms with Crippen molar-refractivity contribution in [1.29, 1.82) is 0 Å². The molecule has 0 unspecified atom stereocenters. The Hall–Kier alpha value is -1.50. The number of hydrogen-bond donors (Lipinski definition) is 0. The van der Waals surface area contributed by atoms with Crippen LogP contribution < -0.4 is 0 Å². The van der Waals surface area contributed by atoms with Crippen molar-refractivity contribution in [2.75, 3.05) is 0 Å². The molecule has 0 aliphatic rings. The zero-order chi connectivity index (χ0) is 8.23.